The monoisotopic (exact) mass is 250 g/mol. The predicted octanol–water partition coefficient (Wildman–Crippen LogP) is 3.69. The second-order valence-electron chi connectivity index (χ2n) is 2.58. The topological polar surface area (TPSA) is 9.23 Å². The second kappa shape index (κ2) is 7.41. The van der Waals surface area contributed by atoms with Gasteiger partial charge in [-0.3, -0.25) is 0 Å². The van der Waals surface area contributed by atoms with Gasteiger partial charge in [0.2, 0.25) is 0 Å². The van der Waals surface area contributed by atoms with E-state index in [1.807, 2.05) is 24.3 Å². The van der Waals surface area contributed by atoms with Gasteiger partial charge in [0.1, 0.15) is 0 Å². The van der Waals surface area contributed by atoms with Crippen LogP contribution in [0.15, 0.2) is 29.2 Å². The molecule has 0 aliphatic carbocycles. The van der Waals surface area contributed by atoms with Gasteiger partial charge in [0.15, 0.2) is 0 Å². The molecule has 4 heteroatoms. The molecular weight excluding hydrogens is 239 g/mol. The van der Waals surface area contributed by atoms with E-state index >= 15 is 0 Å². The Hall–Kier alpha value is 0.110. The number of halogens is 2. The largest absolute Gasteiger partial charge is 0.379 e. The van der Waals surface area contributed by atoms with Crippen LogP contribution < -0.4 is 0 Å². The van der Waals surface area contributed by atoms with Crippen LogP contribution in [0, 0.1) is 0 Å². The summed E-state index contributed by atoms with van der Waals surface area (Å²) < 4.78 is 5.25. The number of ether oxygens (including phenoxy) is 1. The van der Waals surface area contributed by atoms with E-state index in [1.54, 1.807) is 11.8 Å². The van der Waals surface area contributed by atoms with E-state index < -0.39 is 0 Å². The maximum atomic E-state index is 5.98. The highest BCUT2D eigenvalue weighted by Crippen LogP contribution is 2.26. The van der Waals surface area contributed by atoms with Crippen molar-refractivity contribution in [3.05, 3.63) is 29.3 Å². The Morgan fingerprint density at radius 1 is 1.21 bits per heavy atom. The molecule has 0 saturated heterocycles. The van der Waals surface area contributed by atoms with Crippen LogP contribution in [0.3, 0.4) is 0 Å². The molecule has 0 bridgehead atoms. The molecule has 78 valence electrons. The summed E-state index contributed by atoms with van der Waals surface area (Å²) in [4.78, 5) is 1.10. The highest BCUT2D eigenvalue weighted by atomic mass is 35.5. The van der Waals surface area contributed by atoms with Gasteiger partial charge in [0.25, 0.3) is 0 Å². The van der Waals surface area contributed by atoms with Gasteiger partial charge in [-0.05, 0) is 12.1 Å². The molecule has 1 aromatic rings. The van der Waals surface area contributed by atoms with Crippen molar-refractivity contribution in [3.63, 3.8) is 0 Å². The lowest BCUT2D eigenvalue weighted by Gasteiger charge is -2.03. The molecule has 0 N–H and O–H groups in total. The van der Waals surface area contributed by atoms with Crippen molar-refractivity contribution in [2.45, 2.75) is 4.90 Å². The predicted molar refractivity (Wildman–Crippen MR) is 63.7 cm³/mol. The second-order valence-corrected chi connectivity index (χ2v) is 4.50. The van der Waals surface area contributed by atoms with Gasteiger partial charge in [-0.1, -0.05) is 23.7 Å². The van der Waals surface area contributed by atoms with Crippen molar-refractivity contribution < 1.29 is 4.74 Å². The quantitative estimate of drug-likeness (QED) is 0.433. The van der Waals surface area contributed by atoms with Crippen LogP contribution >= 0.6 is 35.0 Å². The Morgan fingerprint density at radius 2 is 2.00 bits per heavy atom. The third-order valence-corrected chi connectivity index (χ3v) is 3.18. The highest BCUT2D eigenvalue weighted by Gasteiger charge is 1.98. The normalized spacial score (nSPS) is 10.4. The fourth-order valence-electron chi connectivity index (χ4n) is 0.929. The van der Waals surface area contributed by atoms with Crippen LogP contribution in [-0.4, -0.2) is 24.8 Å². The molecule has 0 aromatic heterocycles. The first-order valence-electron chi connectivity index (χ1n) is 4.35. The van der Waals surface area contributed by atoms with Crippen molar-refractivity contribution in [2.24, 2.45) is 0 Å². The molecular formula is C10H12Cl2OS. The molecule has 1 aromatic carbocycles. The van der Waals surface area contributed by atoms with Crippen LogP contribution in [0.25, 0.3) is 0 Å². The van der Waals surface area contributed by atoms with Gasteiger partial charge in [-0.2, -0.15) is 0 Å². The molecule has 0 saturated carbocycles. The van der Waals surface area contributed by atoms with Crippen LogP contribution in [0.1, 0.15) is 0 Å². The van der Waals surface area contributed by atoms with Crippen molar-refractivity contribution >= 4 is 35.0 Å². The Labute approximate surface area is 98.7 Å². The first-order valence-corrected chi connectivity index (χ1v) is 6.25. The Bertz CT molecular complexity index is 268. The van der Waals surface area contributed by atoms with Gasteiger partial charge in [0.05, 0.1) is 18.2 Å². The van der Waals surface area contributed by atoms with Gasteiger partial charge < -0.3 is 4.74 Å². The van der Waals surface area contributed by atoms with Gasteiger partial charge in [0, 0.05) is 16.5 Å². The lowest BCUT2D eigenvalue weighted by molar-refractivity contribution is 0.166. The number of hydrogen-bond donors (Lipinski definition) is 0. The highest BCUT2D eigenvalue weighted by molar-refractivity contribution is 7.99. The summed E-state index contributed by atoms with van der Waals surface area (Å²) in [6, 6.07) is 7.81. The molecule has 1 rings (SSSR count). The van der Waals surface area contributed by atoms with E-state index in [-0.39, 0.29) is 0 Å². The third kappa shape index (κ3) is 4.56. The minimum Gasteiger partial charge on any atom is -0.379 e. The number of rotatable bonds is 6. The summed E-state index contributed by atoms with van der Waals surface area (Å²) in [6.07, 6.45) is 0. The van der Waals surface area contributed by atoms with E-state index in [9.17, 15) is 0 Å². The Kier molecular flexibility index (Phi) is 6.45. The summed E-state index contributed by atoms with van der Waals surface area (Å²) in [5, 5.41) is 0.801. The van der Waals surface area contributed by atoms with Crippen molar-refractivity contribution in [1.82, 2.24) is 0 Å². The number of alkyl halides is 1. The zero-order chi connectivity index (χ0) is 10.2. The van der Waals surface area contributed by atoms with Crippen LogP contribution in [0.2, 0.25) is 5.02 Å². The molecule has 0 aliphatic rings. The Morgan fingerprint density at radius 3 is 2.71 bits per heavy atom. The lowest BCUT2D eigenvalue weighted by Crippen LogP contribution is -1.99. The first-order chi connectivity index (χ1) is 6.84. The summed E-state index contributed by atoms with van der Waals surface area (Å²) in [5.41, 5.74) is 0. The summed E-state index contributed by atoms with van der Waals surface area (Å²) in [7, 11) is 0. The average molecular weight is 251 g/mol. The lowest BCUT2D eigenvalue weighted by atomic mass is 10.4. The molecule has 0 unspecified atom stereocenters. The van der Waals surface area contributed by atoms with Crippen molar-refractivity contribution in [1.29, 1.82) is 0 Å². The maximum absolute atomic E-state index is 5.98. The van der Waals surface area contributed by atoms with Gasteiger partial charge in [-0.15, -0.1) is 23.4 Å². The summed E-state index contributed by atoms with van der Waals surface area (Å²) in [6.45, 7) is 1.33. The maximum Gasteiger partial charge on any atom is 0.0602 e. The number of benzene rings is 1. The van der Waals surface area contributed by atoms with E-state index in [0.29, 0.717) is 19.1 Å². The molecule has 14 heavy (non-hydrogen) atoms. The first kappa shape index (κ1) is 12.2. The minimum atomic E-state index is 0.552. The minimum absolute atomic E-state index is 0.552. The van der Waals surface area contributed by atoms with Crippen LogP contribution in [0.5, 0.6) is 0 Å². The molecule has 0 radical (unpaired) electrons. The molecule has 0 atom stereocenters. The SMILES string of the molecule is ClCCOCCSc1ccccc1Cl. The van der Waals surface area contributed by atoms with E-state index in [1.165, 1.54) is 0 Å². The fraction of sp³-hybridized carbons (Fsp3) is 0.400. The average Bonchev–Trinajstić information content (AvgIpc) is 2.20. The van der Waals surface area contributed by atoms with Crippen molar-refractivity contribution in [3.8, 4) is 0 Å². The summed E-state index contributed by atoms with van der Waals surface area (Å²) in [5.74, 6) is 1.46. The van der Waals surface area contributed by atoms with Gasteiger partial charge in [-0.25, -0.2) is 0 Å². The van der Waals surface area contributed by atoms with E-state index in [2.05, 4.69) is 0 Å². The molecule has 0 amide bonds. The summed E-state index contributed by atoms with van der Waals surface area (Å²) >= 11 is 13.1. The molecule has 1 nitrogen and oxygen atoms in total. The zero-order valence-corrected chi connectivity index (χ0v) is 10.0. The number of thioether (sulfide) groups is 1. The standard InChI is InChI=1S/C10H12Cl2OS/c11-5-6-13-7-8-14-10-4-2-1-3-9(10)12/h1-4H,5-8H2. The van der Waals surface area contributed by atoms with Crippen LogP contribution in [0.4, 0.5) is 0 Å². The molecule has 0 aliphatic heterocycles. The van der Waals surface area contributed by atoms with Crippen LogP contribution in [-0.2, 0) is 4.74 Å². The van der Waals surface area contributed by atoms with Gasteiger partial charge >= 0.3 is 0 Å². The molecule has 0 spiro atoms. The number of hydrogen-bond acceptors (Lipinski definition) is 2. The zero-order valence-electron chi connectivity index (χ0n) is 7.71. The smallest absolute Gasteiger partial charge is 0.0602 e. The Balaban J connectivity index is 2.21. The molecule has 0 fully saturated rings. The van der Waals surface area contributed by atoms with E-state index in [4.69, 9.17) is 27.9 Å². The molecule has 0 heterocycles. The third-order valence-electron chi connectivity index (χ3n) is 1.54. The van der Waals surface area contributed by atoms with E-state index in [0.717, 1.165) is 15.7 Å². The fourth-order valence-corrected chi connectivity index (χ4v) is 2.14. The van der Waals surface area contributed by atoms with Crippen molar-refractivity contribution in [2.75, 3.05) is 24.8 Å².